The third kappa shape index (κ3) is 11.1. The average molecular weight is 590 g/mol. The van der Waals surface area contributed by atoms with Gasteiger partial charge in [-0.15, -0.1) is 0 Å². The van der Waals surface area contributed by atoms with Crippen molar-refractivity contribution in [3.05, 3.63) is 29.8 Å². The highest BCUT2D eigenvalue weighted by Gasteiger charge is 2.37. The topological polar surface area (TPSA) is 297 Å². The minimum atomic E-state index is -1.08. The number of carbonyl (C=O) groups is 4. The first-order valence-corrected chi connectivity index (χ1v) is 13.7. The number of phenolic OH excluding ortho intramolecular Hbond substituents is 1. The van der Waals surface area contributed by atoms with E-state index in [9.17, 15) is 24.3 Å². The summed E-state index contributed by atoms with van der Waals surface area (Å²) in [6.45, 7) is 0.872. The van der Waals surface area contributed by atoms with E-state index < -0.39 is 41.9 Å². The highest BCUT2D eigenvalue weighted by Crippen LogP contribution is 2.20. The highest BCUT2D eigenvalue weighted by molar-refractivity contribution is 5.95. The molecule has 4 amide bonds. The number of aromatic hydroxyl groups is 1. The number of hydrogen-bond donors (Lipinski definition) is 9. The molecule has 1 aliphatic heterocycles. The molecule has 4 atom stereocenters. The fourth-order valence-electron chi connectivity index (χ4n) is 4.56. The van der Waals surface area contributed by atoms with Crippen molar-refractivity contribution >= 4 is 35.5 Å². The number of phenols is 1. The van der Waals surface area contributed by atoms with Gasteiger partial charge in [-0.3, -0.25) is 29.2 Å². The van der Waals surface area contributed by atoms with Crippen molar-refractivity contribution in [1.82, 2.24) is 15.5 Å². The summed E-state index contributed by atoms with van der Waals surface area (Å²) in [4.78, 5) is 61.1. The Morgan fingerprint density at radius 1 is 0.905 bits per heavy atom. The lowest BCUT2D eigenvalue weighted by atomic mass is 10.0. The lowest BCUT2D eigenvalue weighted by molar-refractivity contribution is -0.140. The third-order valence-corrected chi connectivity index (χ3v) is 6.74. The first kappa shape index (κ1) is 33.6. The summed E-state index contributed by atoms with van der Waals surface area (Å²) in [5.74, 6) is -2.43. The van der Waals surface area contributed by atoms with Gasteiger partial charge in [0.15, 0.2) is 11.9 Å². The molecule has 1 saturated heterocycles. The molecule has 0 spiro atoms. The number of guanidine groups is 2. The largest absolute Gasteiger partial charge is 0.508 e. The normalized spacial score (nSPS) is 16.5. The van der Waals surface area contributed by atoms with E-state index in [2.05, 4.69) is 20.6 Å². The van der Waals surface area contributed by atoms with Gasteiger partial charge in [-0.05, 0) is 56.2 Å². The van der Waals surface area contributed by atoms with E-state index >= 15 is 0 Å². The summed E-state index contributed by atoms with van der Waals surface area (Å²) in [6.07, 6.45) is 2.34. The minimum Gasteiger partial charge on any atom is -0.508 e. The van der Waals surface area contributed by atoms with Gasteiger partial charge >= 0.3 is 0 Å². The zero-order chi connectivity index (χ0) is 31.2. The Labute approximate surface area is 244 Å². The maximum absolute atomic E-state index is 13.4. The highest BCUT2D eigenvalue weighted by atomic mass is 16.3. The number of benzene rings is 1. The van der Waals surface area contributed by atoms with Crippen LogP contribution in [0.15, 0.2) is 34.3 Å². The van der Waals surface area contributed by atoms with Crippen molar-refractivity contribution in [3.8, 4) is 5.75 Å². The molecule has 0 radical (unpaired) electrons. The fraction of sp³-hybridized carbons (Fsp3) is 0.538. The van der Waals surface area contributed by atoms with Crippen LogP contribution in [0.4, 0.5) is 0 Å². The average Bonchev–Trinajstić information content (AvgIpc) is 3.42. The van der Waals surface area contributed by atoms with Crippen molar-refractivity contribution in [2.45, 2.75) is 69.1 Å². The maximum atomic E-state index is 13.4. The number of carbonyl (C=O) groups excluding carboxylic acids is 4. The van der Waals surface area contributed by atoms with Gasteiger partial charge in [-0.1, -0.05) is 12.1 Å². The fourth-order valence-corrected chi connectivity index (χ4v) is 4.56. The van der Waals surface area contributed by atoms with Crippen LogP contribution in [0.3, 0.4) is 0 Å². The second kappa shape index (κ2) is 16.6. The van der Waals surface area contributed by atoms with Crippen LogP contribution in [0.2, 0.25) is 0 Å². The third-order valence-electron chi connectivity index (χ3n) is 6.74. The predicted octanol–water partition coefficient (Wildman–Crippen LogP) is -3.18. The number of hydrogen-bond acceptors (Lipinski definition) is 8. The van der Waals surface area contributed by atoms with E-state index in [1.165, 1.54) is 17.0 Å². The quantitative estimate of drug-likeness (QED) is 0.0528. The van der Waals surface area contributed by atoms with Crippen LogP contribution in [0.25, 0.3) is 0 Å². The SMILES string of the molecule is NC(=O)[C@H](Cc1ccc(O)cc1)NC(=O)[C@H](CCCN=C(N)N)NC(=O)[C@@H]1CCCN1C(=O)[C@@H](N)CCCN=C(N)N. The van der Waals surface area contributed by atoms with Crippen molar-refractivity contribution in [2.24, 2.45) is 44.4 Å². The van der Waals surface area contributed by atoms with E-state index in [0.717, 1.165) is 0 Å². The lowest BCUT2D eigenvalue weighted by Gasteiger charge is -2.28. The van der Waals surface area contributed by atoms with Gasteiger partial charge in [-0.25, -0.2) is 0 Å². The lowest BCUT2D eigenvalue weighted by Crippen LogP contribution is -2.57. The Kier molecular flexibility index (Phi) is 13.3. The molecule has 16 nitrogen and oxygen atoms in total. The molecule has 1 aromatic rings. The number of aliphatic imine (C=N–C) groups is 2. The van der Waals surface area contributed by atoms with Gasteiger partial charge in [0.2, 0.25) is 23.6 Å². The van der Waals surface area contributed by atoms with Crippen LogP contribution in [0, 0.1) is 0 Å². The molecule has 232 valence electrons. The van der Waals surface area contributed by atoms with Gasteiger partial charge in [-0.2, -0.15) is 0 Å². The maximum Gasteiger partial charge on any atom is 0.243 e. The zero-order valence-corrected chi connectivity index (χ0v) is 23.6. The van der Waals surface area contributed by atoms with Gasteiger partial charge in [0.05, 0.1) is 6.04 Å². The summed E-state index contributed by atoms with van der Waals surface area (Å²) < 4.78 is 0. The Morgan fingerprint density at radius 2 is 1.50 bits per heavy atom. The first-order valence-electron chi connectivity index (χ1n) is 13.7. The summed E-state index contributed by atoms with van der Waals surface area (Å²) in [5.41, 5.74) is 33.7. The molecule has 16 heteroatoms. The molecule has 42 heavy (non-hydrogen) atoms. The second-order valence-electron chi connectivity index (χ2n) is 10.1. The number of primary amides is 1. The van der Waals surface area contributed by atoms with E-state index in [1.54, 1.807) is 12.1 Å². The van der Waals surface area contributed by atoms with Gasteiger partial charge < -0.3 is 55.0 Å². The molecule has 0 unspecified atom stereocenters. The van der Waals surface area contributed by atoms with Gasteiger partial charge in [0, 0.05) is 26.1 Å². The molecule has 2 rings (SSSR count). The molecule has 1 aliphatic rings. The summed E-state index contributed by atoms with van der Waals surface area (Å²) >= 11 is 0. The van der Waals surface area contributed by atoms with E-state index in [0.29, 0.717) is 50.8 Å². The van der Waals surface area contributed by atoms with Crippen LogP contribution < -0.4 is 45.0 Å². The molecule has 1 aromatic carbocycles. The van der Waals surface area contributed by atoms with Crippen LogP contribution >= 0.6 is 0 Å². The molecule has 1 fully saturated rings. The monoisotopic (exact) mass is 589 g/mol. The zero-order valence-electron chi connectivity index (χ0n) is 23.6. The number of nitrogens with two attached hydrogens (primary N) is 6. The Morgan fingerprint density at radius 3 is 2.07 bits per heavy atom. The molecule has 0 bridgehead atoms. The second-order valence-corrected chi connectivity index (χ2v) is 10.1. The standard InChI is InChI=1S/C26H43N11O5/c27-17(4-1-11-33-25(29)30)24(42)37-13-3-6-20(37)23(41)35-18(5-2-12-34-26(31)32)22(40)36-19(21(28)39)14-15-7-9-16(38)10-8-15/h7-10,17-20,38H,1-6,11-14,27H2,(H2,28,39)(H,35,41)(H,36,40)(H4,29,30,33)(H4,31,32,34)/t17-,18-,19-,20-/m0/s1. The number of rotatable bonds is 16. The van der Waals surface area contributed by atoms with E-state index in [1.807, 2.05) is 0 Å². The summed E-state index contributed by atoms with van der Waals surface area (Å²) in [5, 5.41) is 14.8. The minimum absolute atomic E-state index is 0.0494. The Bertz CT molecular complexity index is 1130. The molecular weight excluding hydrogens is 546 g/mol. The molecule has 15 N–H and O–H groups in total. The van der Waals surface area contributed by atoms with Crippen LogP contribution in [-0.4, -0.2) is 89.4 Å². The van der Waals surface area contributed by atoms with Crippen LogP contribution in [0.1, 0.15) is 44.1 Å². The predicted molar refractivity (Wildman–Crippen MR) is 157 cm³/mol. The molecular formula is C26H43N11O5. The van der Waals surface area contributed by atoms with Gasteiger partial charge in [0.25, 0.3) is 0 Å². The number of amides is 4. The van der Waals surface area contributed by atoms with Gasteiger partial charge in [0.1, 0.15) is 23.9 Å². The number of likely N-dealkylation sites (tertiary alicyclic amines) is 1. The smallest absolute Gasteiger partial charge is 0.243 e. The van der Waals surface area contributed by atoms with Crippen molar-refractivity contribution in [1.29, 1.82) is 0 Å². The Balaban J connectivity index is 2.11. The number of nitrogens with one attached hydrogen (secondary N) is 2. The molecule has 0 aliphatic carbocycles. The summed E-state index contributed by atoms with van der Waals surface area (Å²) in [7, 11) is 0. The first-order chi connectivity index (χ1) is 19.9. The van der Waals surface area contributed by atoms with E-state index in [-0.39, 0.29) is 43.0 Å². The van der Waals surface area contributed by atoms with Crippen molar-refractivity contribution in [2.75, 3.05) is 19.6 Å². The number of nitrogens with zero attached hydrogens (tertiary/aromatic N) is 3. The van der Waals surface area contributed by atoms with E-state index in [4.69, 9.17) is 34.4 Å². The van der Waals surface area contributed by atoms with Crippen molar-refractivity contribution in [3.63, 3.8) is 0 Å². The summed E-state index contributed by atoms with van der Waals surface area (Å²) in [6, 6.07) is 2.28. The molecule has 0 saturated carbocycles. The molecule has 1 heterocycles. The van der Waals surface area contributed by atoms with Crippen LogP contribution in [-0.2, 0) is 25.6 Å². The van der Waals surface area contributed by atoms with Crippen LogP contribution in [0.5, 0.6) is 5.75 Å². The van der Waals surface area contributed by atoms with Crippen molar-refractivity contribution < 1.29 is 24.3 Å². The Hall–Kier alpha value is -4.60. The molecule has 0 aromatic heterocycles.